The van der Waals surface area contributed by atoms with E-state index in [9.17, 15) is 4.79 Å². The Kier molecular flexibility index (Phi) is 6.00. The van der Waals surface area contributed by atoms with Gasteiger partial charge in [0, 0.05) is 31.9 Å². The van der Waals surface area contributed by atoms with Gasteiger partial charge in [-0.2, -0.15) is 0 Å². The number of nitrogens with zero attached hydrogens (tertiary/aromatic N) is 2. The molecule has 1 saturated heterocycles. The number of carbonyl (C=O) groups is 1. The van der Waals surface area contributed by atoms with E-state index < -0.39 is 0 Å². The second-order valence-corrected chi connectivity index (χ2v) is 6.40. The maximum absolute atomic E-state index is 12.4. The van der Waals surface area contributed by atoms with E-state index in [1.54, 1.807) is 7.11 Å². The monoisotopic (exact) mass is 354 g/mol. The average molecular weight is 354 g/mol. The lowest BCUT2D eigenvalue weighted by atomic mass is 10.1. The van der Waals surface area contributed by atoms with Crippen LogP contribution < -0.4 is 14.4 Å². The van der Waals surface area contributed by atoms with Gasteiger partial charge < -0.3 is 19.3 Å². The summed E-state index contributed by atoms with van der Waals surface area (Å²) in [5.41, 5.74) is 2.54. The largest absolute Gasteiger partial charge is 0.493 e. The molecule has 0 spiro atoms. The first-order valence-corrected chi connectivity index (χ1v) is 9.03. The molecule has 2 aromatic rings. The van der Waals surface area contributed by atoms with Crippen LogP contribution in [0.15, 0.2) is 48.5 Å². The number of amides is 1. The lowest BCUT2D eigenvalue weighted by Crippen LogP contribution is -2.49. The van der Waals surface area contributed by atoms with Gasteiger partial charge in [0.15, 0.2) is 11.5 Å². The van der Waals surface area contributed by atoms with Crippen molar-refractivity contribution in [3.8, 4) is 11.5 Å². The highest BCUT2D eigenvalue weighted by atomic mass is 16.5. The van der Waals surface area contributed by atoms with Crippen LogP contribution in [0.5, 0.6) is 11.5 Å². The van der Waals surface area contributed by atoms with Gasteiger partial charge in [-0.25, -0.2) is 0 Å². The number of hydrogen-bond donors (Lipinski definition) is 0. The first-order chi connectivity index (χ1) is 12.7. The van der Waals surface area contributed by atoms with Crippen molar-refractivity contribution in [3.63, 3.8) is 0 Å². The molecule has 0 saturated carbocycles. The minimum atomic E-state index is 0.143. The molecule has 3 rings (SSSR count). The molecule has 0 bridgehead atoms. The molecule has 26 heavy (non-hydrogen) atoms. The molecular weight excluding hydrogens is 328 g/mol. The van der Waals surface area contributed by atoms with Crippen LogP contribution in [0.2, 0.25) is 0 Å². The van der Waals surface area contributed by atoms with Crippen LogP contribution in [0.4, 0.5) is 5.69 Å². The van der Waals surface area contributed by atoms with Gasteiger partial charge in [-0.3, -0.25) is 4.79 Å². The fourth-order valence-electron chi connectivity index (χ4n) is 3.26. The summed E-state index contributed by atoms with van der Waals surface area (Å²) < 4.78 is 11.0. The fraction of sp³-hybridized carbons (Fsp3) is 0.381. The van der Waals surface area contributed by atoms with Gasteiger partial charge in [0.1, 0.15) is 0 Å². The van der Waals surface area contributed by atoms with Gasteiger partial charge in [0.2, 0.25) is 5.91 Å². The molecule has 1 aliphatic rings. The van der Waals surface area contributed by atoms with E-state index in [0.29, 0.717) is 24.5 Å². The van der Waals surface area contributed by atoms with E-state index in [1.807, 2.05) is 29.2 Å². The van der Waals surface area contributed by atoms with E-state index in [-0.39, 0.29) is 5.91 Å². The Balaban J connectivity index is 1.46. The van der Waals surface area contributed by atoms with E-state index in [0.717, 1.165) is 26.2 Å². The normalized spacial score (nSPS) is 14.2. The summed E-state index contributed by atoms with van der Waals surface area (Å²) in [5, 5.41) is 0. The third-order valence-electron chi connectivity index (χ3n) is 4.73. The van der Waals surface area contributed by atoms with Crippen LogP contribution in [0.1, 0.15) is 12.0 Å². The summed E-state index contributed by atoms with van der Waals surface area (Å²) in [6, 6.07) is 15.9. The lowest BCUT2D eigenvalue weighted by Gasteiger charge is -2.36. The first-order valence-electron chi connectivity index (χ1n) is 9.03. The Bertz CT molecular complexity index is 740. The molecule has 0 radical (unpaired) electrons. The highest BCUT2D eigenvalue weighted by Gasteiger charge is 2.21. The first kappa shape index (κ1) is 18.1. The number of aryl methyl sites for hydroxylation is 1. The van der Waals surface area contributed by atoms with Crippen molar-refractivity contribution in [2.24, 2.45) is 0 Å². The maximum Gasteiger partial charge on any atom is 0.226 e. The van der Waals surface area contributed by atoms with Gasteiger partial charge in [0.25, 0.3) is 0 Å². The predicted molar refractivity (Wildman–Crippen MR) is 103 cm³/mol. The number of methoxy groups -OCH3 is 1. The topological polar surface area (TPSA) is 42.0 Å². The molecule has 138 valence electrons. The Hall–Kier alpha value is -2.69. The molecule has 5 heteroatoms. The summed E-state index contributed by atoms with van der Waals surface area (Å²) in [6.45, 7) is 5.72. The quantitative estimate of drug-likeness (QED) is 0.799. The molecule has 0 aromatic heterocycles. The van der Waals surface area contributed by atoms with Crippen LogP contribution >= 0.6 is 0 Å². The third-order valence-corrected chi connectivity index (χ3v) is 4.73. The number of piperazine rings is 1. The van der Waals surface area contributed by atoms with Crippen molar-refractivity contribution in [2.45, 2.75) is 13.3 Å². The number of rotatable bonds is 6. The van der Waals surface area contributed by atoms with Crippen LogP contribution in [0.25, 0.3) is 0 Å². The zero-order valence-electron chi connectivity index (χ0n) is 15.5. The minimum absolute atomic E-state index is 0.143. The zero-order chi connectivity index (χ0) is 18.4. The lowest BCUT2D eigenvalue weighted by molar-refractivity contribution is -0.132. The van der Waals surface area contributed by atoms with Crippen molar-refractivity contribution in [1.29, 1.82) is 0 Å². The molecule has 0 unspecified atom stereocenters. The van der Waals surface area contributed by atoms with Gasteiger partial charge in [0.05, 0.1) is 20.1 Å². The van der Waals surface area contributed by atoms with Crippen molar-refractivity contribution in [3.05, 3.63) is 54.1 Å². The molecule has 1 aliphatic heterocycles. The van der Waals surface area contributed by atoms with E-state index in [4.69, 9.17) is 9.47 Å². The van der Waals surface area contributed by atoms with Gasteiger partial charge in [-0.1, -0.05) is 30.3 Å². The second-order valence-electron chi connectivity index (χ2n) is 6.40. The van der Waals surface area contributed by atoms with Crippen molar-refractivity contribution >= 4 is 11.6 Å². The van der Waals surface area contributed by atoms with Crippen LogP contribution in [-0.2, 0) is 4.79 Å². The van der Waals surface area contributed by atoms with Gasteiger partial charge in [-0.05, 0) is 30.7 Å². The van der Waals surface area contributed by atoms with Gasteiger partial charge in [-0.15, -0.1) is 0 Å². The Morgan fingerprint density at radius 3 is 2.31 bits per heavy atom. The van der Waals surface area contributed by atoms with Crippen LogP contribution in [0.3, 0.4) is 0 Å². The van der Waals surface area contributed by atoms with Crippen molar-refractivity contribution in [1.82, 2.24) is 4.90 Å². The standard InChI is InChI=1S/C21H26N2O3/c1-17-7-3-4-8-18(17)22-12-14-23(15-13-22)21(24)11-16-26-20-10-6-5-9-19(20)25-2/h3-10H,11-16H2,1-2H3. The summed E-state index contributed by atoms with van der Waals surface area (Å²) in [6.07, 6.45) is 0.377. The van der Waals surface area contributed by atoms with Crippen LogP contribution in [0, 0.1) is 6.92 Å². The molecule has 0 aliphatic carbocycles. The maximum atomic E-state index is 12.4. The highest BCUT2D eigenvalue weighted by Crippen LogP contribution is 2.26. The molecule has 5 nitrogen and oxygen atoms in total. The molecular formula is C21H26N2O3. The smallest absolute Gasteiger partial charge is 0.226 e. The predicted octanol–water partition coefficient (Wildman–Crippen LogP) is 3.12. The highest BCUT2D eigenvalue weighted by molar-refractivity contribution is 5.76. The fourth-order valence-corrected chi connectivity index (χ4v) is 3.26. The Morgan fingerprint density at radius 2 is 1.62 bits per heavy atom. The number of hydrogen-bond acceptors (Lipinski definition) is 4. The van der Waals surface area contributed by atoms with E-state index in [1.165, 1.54) is 11.3 Å². The summed E-state index contributed by atoms with van der Waals surface area (Å²) in [7, 11) is 1.61. The second kappa shape index (κ2) is 8.61. The zero-order valence-corrected chi connectivity index (χ0v) is 15.5. The number of ether oxygens (including phenoxy) is 2. The number of benzene rings is 2. The SMILES string of the molecule is COc1ccccc1OCCC(=O)N1CCN(c2ccccc2C)CC1. The molecule has 1 fully saturated rings. The Labute approximate surface area is 155 Å². The minimum Gasteiger partial charge on any atom is -0.493 e. The number of para-hydroxylation sites is 3. The number of carbonyl (C=O) groups excluding carboxylic acids is 1. The Morgan fingerprint density at radius 1 is 0.962 bits per heavy atom. The van der Waals surface area contributed by atoms with Crippen molar-refractivity contribution < 1.29 is 14.3 Å². The average Bonchev–Trinajstić information content (AvgIpc) is 2.69. The molecule has 2 aromatic carbocycles. The molecule has 1 heterocycles. The van der Waals surface area contributed by atoms with Gasteiger partial charge >= 0.3 is 0 Å². The van der Waals surface area contributed by atoms with E-state index >= 15 is 0 Å². The third kappa shape index (κ3) is 4.28. The van der Waals surface area contributed by atoms with Crippen molar-refractivity contribution in [2.75, 3.05) is 44.8 Å². The number of anilines is 1. The summed E-state index contributed by atoms with van der Waals surface area (Å²) in [5.74, 6) is 1.50. The van der Waals surface area contributed by atoms with E-state index in [2.05, 4.69) is 36.1 Å². The molecule has 0 N–H and O–H groups in total. The summed E-state index contributed by atoms with van der Waals surface area (Å²) >= 11 is 0. The summed E-state index contributed by atoms with van der Waals surface area (Å²) in [4.78, 5) is 16.7. The molecule has 1 amide bonds. The van der Waals surface area contributed by atoms with Crippen LogP contribution in [-0.4, -0.2) is 50.7 Å². The molecule has 0 atom stereocenters.